The van der Waals surface area contributed by atoms with Crippen LogP contribution in [0.25, 0.3) is 0 Å². The third-order valence-corrected chi connectivity index (χ3v) is 3.47. The second-order valence-corrected chi connectivity index (χ2v) is 5.03. The molecule has 15 heavy (non-hydrogen) atoms. The highest BCUT2D eigenvalue weighted by atomic mass is 35.5. The van der Waals surface area contributed by atoms with E-state index in [1.54, 1.807) is 12.1 Å². The Morgan fingerprint density at radius 1 is 1.07 bits per heavy atom. The highest BCUT2D eigenvalue weighted by Gasteiger charge is 2.14. The Hall–Kier alpha value is -0.580. The van der Waals surface area contributed by atoms with Crippen molar-refractivity contribution < 1.29 is 13.0 Å². The van der Waals surface area contributed by atoms with Crippen LogP contribution in [0.3, 0.4) is 0 Å². The van der Waals surface area contributed by atoms with Gasteiger partial charge in [0.05, 0.1) is 4.90 Å². The molecule has 0 fully saturated rings. The molecule has 0 radical (unpaired) electrons. The van der Waals surface area contributed by atoms with Crippen LogP contribution in [0.2, 0.25) is 0 Å². The van der Waals surface area contributed by atoms with Gasteiger partial charge in [-0.3, -0.25) is 4.55 Å². The lowest BCUT2D eigenvalue weighted by molar-refractivity contribution is 0.483. The van der Waals surface area contributed by atoms with E-state index in [9.17, 15) is 8.42 Å². The molecule has 1 aliphatic carbocycles. The van der Waals surface area contributed by atoms with Crippen molar-refractivity contribution in [2.24, 2.45) is 0 Å². The van der Waals surface area contributed by atoms with E-state index in [0.29, 0.717) is 0 Å². The summed E-state index contributed by atoms with van der Waals surface area (Å²) in [5.41, 5.74) is 2.27. The van der Waals surface area contributed by atoms with E-state index in [2.05, 4.69) is 0 Å². The van der Waals surface area contributed by atoms with E-state index in [-0.39, 0.29) is 17.3 Å². The molecule has 1 aromatic carbocycles. The third kappa shape index (κ3) is 2.71. The molecule has 84 valence electrons. The normalized spacial score (nSPS) is 15.3. The first-order chi connectivity index (χ1) is 6.57. The first-order valence-electron chi connectivity index (χ1n) is 4.67. The molecular formula is C10H13ClO3S. The van der Waals surface area contributed by atoms with Gasteiger partial charge >= 0.3 is 0 Å². The average molecular weight is 249 g/mol. The number of halogens is 1. The van der Waals surface area contributed by atoms with Gasteiger partial charge in [0.15, 0.2) is 0 Å². The van der Waals surface area contributed by atoms with Gasteiger partial charge in [0.1, 0.15) is 0 Å². The van der Waals surface area contributed by atoms with Gasteiger partial charge in [-0.05, 0) is 48.9 Å². The van der Waals surface area contributed by atoms with Crippen molar-refractivity contribution in [3.8, 4) is 0 Å². The van der Waals surface area contributed by atoms with Gasteiger partial charge in [0.2, 0.25) is 0 Å². The summed E-state index contributed by atoms with van der Waals surface area (Å²) in [6.45, 7) is 0. The number of hydrogen-bond acceptors (Lipinski definition) is 2. The van der Waals surface area contributed by atoms with Gasteiger partial charge < -0.3 is 0 Å². The lowest BCUT2D eigenvalue weighted by Crippen LogP contribution is -2.05. The summed E-state index contributed by atoms with van der Waals surface area (Å²) in [5.74, 6) is 0. The van der Waals surface area contributed by atoms with Crippen molar-refractivity contribution in [3.05, 3.63) is 29.3 Å². The second kappa shape index (κ2) is 4.51. The fourth-order valence-electron chi connectivity index (χ4n) is 1.87. The molecule has 0 bridgehead atoms. The highest BCUT2D eigenvalue weighted by molar-refractivity contribution is 7.85. The van der Waals surface area contributed by atoms with E-state index < -0.39 is 10.1 Å². The predicted octanol–water partition coefficient (Wildman–Crippen LogP) is 2.23. The summed E-state index contributed by atoms with van der Waals surface area (Å²) in [6.07, 6.45) is 4.19. The van der Waals surface area contributed by atoms with Crippen molar-refractivity contribution in [2.75, 3.05) is 0 Å². The number of fused-ring (bicyclic) bond motifs is 1. The van der Waals surface area contributed by atoms with Crippen LogP contribution in [0.15, 0.2) is 23.1 Å². The van der Waals surface area contributed by atoms with E-state index in [1.807, 2.05) is 0 Å². The van der Waals surface area contributed by atoms with Crippen molar-refractivity contribution in [3.63, 3.8) is 0 Å². The van der Waals surface area contributed by atoms with Crippen LogP contribution in [0.5, 0.6) is 0 Å². The summed E-state index contributed by atoms with van der Waals surface area (Å²) >= 11 is 0. The Balaban J connectivity index is 0.00000112. The molecule has 0 amide bonds. The molecule has 1 N–H and O–H groups in total. The predicted molar refractivity (Wildman–Crippen MR) is 60.1 cm³/mol. The first-order valence-corrected chi connectivity index (χ1v) is 6.11. The Morgan fingerprint density at radius 2 is 1.67 bits per heavy atom. The number of hydrogen-bond donors (Lipinski definition) is 1. The van der Waals surface area contributed by atoms with Crippen LogP contribution < -0.4 is 0 Å². The minimum Gasteiger partial charge on any atom is -0.282 e. The van der Waals surface area contributed by atoms with Crippen LogP contribution in [0.4, 0.5) is 0 Å². The SMILES string of the molecule is Cl.O=S(=O)(O)c1ccc2c(c1)CCCC2. The molecule has 2 rings (SSSR count). The maximum atomic E-state index is 10.9. The molecule has 0 spiro atoms. The second-order valence-electron chi connectivity index (χ2n) is 3.61. The number of rotatable bonds is 1. The summed E-state index contributed by atoms with van der Waals surface area (Å²) < 4.78 is 30.6. The van der Waals surface area contributed by atoms with Crippen LogP contribution in [0, 0.1) is 0 Å². The Kier molecular flexibility index (Phi) is 3.76. The summed E-state index contributed by atoms with van der Waals surface area (Å²) in [5, 5.41) is 0. The standard InChI is InChI=1S/C10H12O3S.ClH/c11-14(12,13)10-6-5-8-3-1-2-4-9(8)7-10;/h5-7H,1-4H2,(H,11,12,13);1H. The molecule has 5 heteroatoms. The van der Waals surface area contributed by atoms with Crippen molar-refractivity contribution in [2.45, 2.75) is 30.6 Å². The third-order valence-electron chi connectivity index (χ3n) is 2.62. The fourth-order valence-corrected chi connectivity index (χ4v) is 2.40. The van der Waals surface area contributed by atoms with E-state index in [4.69, 9.17) is 4.55 Å². The number of benzene rings is 1. The highest BCUT2D eigenvalue weighted by Crippen LogP contribution is 2.23. The molecule has 0 saturated carbocycles. The molecule has 0 aliphatic heterocycles. The Bertz CT molecular complexity index is 454. The fraction of sp³-hybridized carbons (Fsp3) is 0.400. The largest absolute Gasteiger partial charge is 0.294 e. The van der Waals surface area contributed by atoms with E-state index >= 15 is 0 Å². The van der Waals surface area contributed by atoms with Crippen LogP contribution in [0.1, 0.15) is 24.0 Å². The van der Waals surface area contributed by atoms with Gasteiger partial charge in [-0.1, -0.05) is 6.07 Å². The lowest BCUT2D eigenvalue weighted by atomic mass is 9.92. The average Bonchev–Trinajstić information content (AvgIpc) is 2.16. The molecule has 0 atom stereocenters. The summed E-state index contributed by atoms with van der Waals surface area (Å²) in [7, 11) is -4.04. The molecule has 0 unspecified atom stereocenters. The maximum Gasteiger partial charge on any atom is 0.294 e. The summed E-state index contributed by atoms with van der Waals surface area (Å²) in [6, 6.07) is 4.86. The molecule has 3 nitrogen and oxygen atoms in total. The molecular weight excluding hydrogens is 236 g/mol. The van der Waals surface area contributed by atoms with Crippen LogP contribution in [-0.2, 0) is 23.0 Å². The van der Waals surface area contributed by atoms with Gasteiger partial charge in [0, 0.05) is 0 Å². The Labute approximate surface area is 95.7 Å². The zero-order chi connectivity index (χ0) is 10.2. The van der Waals surface area contributed by atoms with Crippen molar-refractivity contribution in [1.29, 1.82) is 0 Å². The van der Waals surface area contributed by atoms with Gasteiger partial charge in [-0.15, -0.1) is 12.4 Å². The van der Waals surface area contributed by atoms with Gasteiger partial charge in [-0.25, -0.2) is 0 Å². The molecule has 1 aliphatic rings. The zero-order valence-corrected chi connectivity index (χ0v) is 9.77. The summed E-state index contributed by atoms with van der Waals surface area (Å²) in [4.78, 5) is 0.0122. The van der Waals surface area contributed by atoms with Crippen molar-refractivity contribution in [1.82, 2.24) is 0 Å². The smallest absolute Gasteiger partial charge is 0.282 e. The number of aryl methyl sites for hydroxylation is 2. The van der Waals surface area contributed by atoms with E-state index in [0.717, 1.165) is 31.2 Å². The first kappa shape index (κ1) is 12.5. The van der Waals surface area contributed by atoms with E-state index in [1.165, 1.54) is 11.6 Å². The molecule has 1 aromatic rings. The quantitative estimate of drug-likeness (QED) is 0.776. The lowest BCUT2D eigenvalue weighted by Gasteiger charge is -2.15. The maximum absolute atomic E-state index is 10.9. The van der Waals surface area contributed by atoms with Gasteiger partial charge in [-0.2, -0.15) is 8.42 Å². The molecule has 0 saturated heterocycles. The topological polar surface area (TPSA) is 54.4 Å². The minimum atomic E-state index is -4.04. The monoisotopic (exact) mass is 248 g/mol. The molecule has 0 aromatic heterocycles. The Morgan fingerprint density at radius 3 is 2.27 bits per heavy atom. The zero-order valence-electron chi connectivity index (χ0n) is 8.14. The van der Waals surface area contributed by atoms with Crippen molar-refractivity contribution >= 4 is 22.5 Å². The van der Waals surface area contributed by atoms with Crippen LogP contribution >= 0.6 is 12.4 Å². The van der Waals surface area contributed by atoms with Crippen LogP contribution in [-0.4, -0.2) is 13.0 Å². The van der Waals surface area contributed by atoms with Gasteiger partial charge in [0.25, 0.3) is 10.1 Å². The minimum absolute atomic E-state index is 0. The molecule has 0 heterocycles.